The first-order valence-electron chi connectivity index (χ1n) is 7.23. The zero-order chi connectivity index (χ0) is 15.2. The summed E-state index contributed by atoms with van der Waals surface area (Å²) >= 11 is 0. The molecule has 0 bridgehead atoms. The molecule has 3 heteroatoms. The van der Waals surface area contributed by atoms with Gasteiger partial charge in [0.15, 0.2) is 5.78 Å². The van der Waals surface area contributed by atoms with Gasteiger partial charge in [-0.05, 0) is 44.7 Å². The number of Topliss-reactive ketones (excluding diaryl/α,β-unsaturated/α-hetero) is 1. The van der Waals surface area contributed by atoms with Crippen molar-refractivity contribution in [3.63, 3.8) is 0 Å². The summed E-state index contributed by atoms with van der Waals surface area (Å²) in [4.78, 5) is 18.5. The van der Waals surface area contributed by atoms with Crippen molar-refractivity contribution in [3.05, 3.63) is 65.0 Å². The summed E-state index contributed by atoms with van der Waals surface area (Å²) in [7, 11) is 2.03. The summed E-state index contributed by atoms with van der Waals surface area (Å²) in [6.07, 6.45) is 4.18. The van der Waals surface area contributed by atoms with E-state index in [-0.39, 0.29) is 5.78 Å². The van der Waals surface area contributed by atoms with Crippen LogP contribution >= 0.6 is 0 Å². The van der Waals surface area contributed by atoms with Crippen LogP contribution in [-0.4, -0.2) is 29.3 Å². The van der Waals surface area contributed by atoms with Crippen LogP contribution in [0.5, 0.6) is 0 Å². The molecule has 2 aromatic rings. The highest BCUT2D eigenvalue weighted by atomic mass is 16.1. The fourth-order valence-electron chi connectivity index (χ4n) is 2.45. The molecule has 0 aliphatic carbocycles. The molecule has 0 aliphatic rings. The quantitative estimate of drug-likeness (QED) is 0.761. The maximum absolute atomic E-state index is 12.3. The molecule has 1 aromatic heterocycles. The van der Waals surface area contributed by atoms with E-state index in [0.717, 1.165) is 29.8 Å². The van der Waals surface area contributed by atoms with Crippen molar-refractivity contribution in [2.24, 2.45) is 0 Å². The number of carbonyl (C=O) groups excluding carboxylic acids is 1. The van der Waals surface area contributed by atoms with E-state index in [1.165, 1.54) is 5.56 Å². The average molecular weight is 282 g/mol. The maximum Gasteiger partial charge on any atom is 0.164 e. The summed E-state index contributed by atoms with van der Waals surface area (Å²) in [6.45, 7) is 5.62. The molecule has 0 saturated carbocycles. The Balaban J connectivity index is 1.88. The third kappa shape index (κ3) is 4.80. The molecule has 0 fully saturated rings. The average Bonchev–Trinajstić information content (AvgIpc) is 2.45. The molecule has 0 amide bonds. The van der Waals surface area contributed by atoms with Crippen LogP contribution in [0, 0.1) is 13.8 Å². The first-order valence-corrected chi connectivity index (χ1v) is 7.23. The Morgan fingerprint density at radius 3 is 2.52 bits per heavy atom. The molecule has 1 heterocycles. The molecule has 0 radical (unpaired) electrons. The van der Waals surface area contributed by atoms with Crippen molar-refractivity contribution in [2.45, 2.75) is 26.8 Å². The molecule has 110 valence electrons. The van der Waals surface area contributed by atoms with Crippen LogP contribution in [-0.2, 0) is 6.54 Å². The van der Waals surface area contributed by atoms with Gasteiger partial charge in [0.05, 0.1) is 0 Å². The van der Waals surface area contributed by atoms with E-state index in [1.807, 2.05) is 45.3 Å². The molecule has 0 unspecified atom stereocenters. The highest BCUT2D eigenvalue weighted by Crippen LogP contribution is 2.11. The number of ketones is 1. The molecular weight excluding hydrogens is 260 g/mol. The minimum Gasteiger partial charge on any atom is -0.302 e. The standard InChI is InChI=1S/C18H22N2O/c1-14-9-15(2)11-17(10-14)18(21)6-8-20(3)13-16-5-4-7-19-12-16/h4-5,7,9-12H,6,8,13H2,1-3H3. The summed E-state index contributed by atoms with van der Waals surface area (Å²) in [5.74, 6) is 0.208. The van der Waals surface area contributed by atoms with Gasteiger partial charge >= 0.3 is 0 Å². The Morgan fingerprint density at radius 1 is 1.19 bits per heavy atom. The predicted molar refractivity (Wildman–Crippen MR) is 85.4 cm³/mol. The minimum atomic E-state index is 0.208. The lowest BCUT2D eigenvalue weighted by Gasteiger charge is -2.16. The summed E-state index contributed by atoms with van der Waals surface area (Å²) in [6, 6.07) is 10.0. The Labute approximate surface area is 126 Å². The molecule has 2 rings (SSSR count). The second-order valence-corrected chi connectivity index (χ2v) is 5.65. The number of pyridine rings is 1. The molecule has 21 heavy (non-hydrogen) atoms. The van der Waals surface area contributed by atoms with Crippen LogP contribution in [0.2, 0.25) is 0 Å². The van der Waals surface area contributed by atoms with E-state index in [2.05, 4.69) is 22.0 Å². The maximum atomic E-state index is 12.3. The first kappa shape index (κ1) is 15.4. The smallest absolute Gasteiger partial charge is 0.164 e. The van der Waals surface area contributed by atoms with Gasteiger partial charge in [-0.15, -0.1) is 0 Å². The lowest BCUT2D eigenvalue weighted by molar-refractivity contribution is 0.0967. The molecule has 0 aliphatic heterocycles. The van der Waals surface area contributed by atoms with Crippen LogP contribution < -0.4 is 0 Å². The second-order valence-electron chi connectivity index (χ2n) is 5.65. The van der Waals surface area contributed by atoms with Gasteiger partial charge in [0.25, 0.3) is 0 Å². The van der Waals surface area contributed by atoms with Crippen LogP contribution in [0.1, 0.15) is 33.5 Å². The number of aromatic nitrogens is 1. The van der Waals surface area contributed by atoms with Crippen LogP contribution in [0.15, 0.2) is 42.7 Å². The Bertz CT molecular complexity index is 588. The van der Waals surface area contributed by atoms with Crippen molar-refractivity contribution in [3.8, 4) is 0 Å². The molecule has 3 nitrogen and oxygen atoms in total. The van der Waals surface area contributed by atoms with Crippen LogP contribution in [0.25, 0.3) is 0 Å². The second kappa shape index (κ2) is 7.14. The highest BCUT2D eigenvalue weighted by Gasteiger charge is 2.09. The Kier molecular flexibility index (Phi) is 5.23. The van der Waals surface area contributed by atoms with E-state index in [1.54, 1.807) is 6.20 Å². The monoisotopic (exact) mass is 282 g/mol. The molecule has 0 atom stereocenters. The zero-order valence-corrected chi connectivity index (χ0v) is 13.0. The number of hydrogen-bond acceptors (Lipinski definition) is 3. The number of rotatable bonds is 6. The number of nitrogens with zero attached hydrogens (tertiary/aromatic N) is 2. The van der Waals surface area contributed by atoms with Crippen molar-refractivity contribution in [1.82, 2.24) is 9.88 Å². The fourth-order valence-corrected chi connectivity index (χ4v) is 2.45. The zero-order valence-electron chi connectivity index (χ0n) is 13.0. The van der Waals surface area contributed by atoms with Crippen molar-refractivity contribution in [2.75, 3.05) is 13.6 Å². The van der Waals surface area contributed by atoms with Gasteiger partial charge in [-0.3, -0.25) is 9.78 Å². The van der Waals surface area contributed by atoms with Crippen LogP contribution in [0.3, 0.4) is 0 Å². The Morgan fingerprint density at radius 2 is 1.90 bits per heavy atom. The minimum absolute atomic E-state index is 0.208. The van der Waals surface area contributed by atoms with Gasteiger partial charge in [0.1, 0.15) is 0 Å². The van der Waals surface area contributed by atoms with E-state index < -0.39 is 0 Å². The highest BCUT2D eigenvalue weighted by molar-refractivity contribution is 5.96. The predicted octanol–water partition coefficient (Wildman–Crippen LogP) is 3.40. The summed E-state index contributed by atoms with van der Waals surface area (Å²) in [5, 5.41) is 0. The first-order chi connectivity index (χ1) is 10.0. The van der Waals surface area contributed by atoms with E-state index >= 15 is 0 Å². The van der Waals surface area contributed by atoms with E-state index in [0.29, 0.717) is 6.42 Å². The van der Waals surface area contributed by atoms with Gasteiger partial charge in [-0.25, -0.2) is 0 Å². The molecule has 1 aromatic carbocycles. The SMILES string of the molecule is Cc1cc(C)cc(C(=O)CCN(C)Cc2cccnc2)c1. The third-order valence-electron chi connectivity index (χ3n) is 3.44. The van der Waals surface area contributed by atoms with Crippen LogP contribution in [0.4, 0.5) is 0 Å². The number of benzene rings is 1. The lowest BCUT2D eigenvalue weighted by Crippen LogP contribution is -2.21. The van der Waals surface area contributed by atoms with Crippen molar-refractivity contribution >= 4 is 5.78 Å². The van der Waals surface area contributed by atoms with Crippen molar-refractivity contribution in [1.29, 1.82) is 0 Å². The topological polar surface area (TPSA) is 33.2 Å². The Hall–Kier alpha value is -2.00. The van der Waals surface area contributed by atoms with Gasteiger partial charge in [0.2, 0.25) is 0 Å². The van der Waals surface area contributed by atoms with E-state index in [4.69, 9.17) is 0 Å². The molecule has 0 spiro atoms. The largest absolute Gasteiger partial charge is 0.302 e. The fraction of sp³-hybridized carbons (Fsp3) is 0.333. The lowest BCUT2D eigenvalue weighted by atomic mass is 10.0. The van der Waals surface area contributed by atoms with E-state index in [9.17, 15) is 4.79 Å². The summed E-state index contributed by atoms with van der Waals surface area (Å²) in [5.41, 5.74) is 4.27. The number of aryl methyl sites for hydroxylation is 2. The van der Waals surface area contributed by atoms with Gasteiger partial charge < -0.3 is 4.90 Å². The van der Waals surface area contributed by atoms with Gasteiger partial charge in [-0.2, -0.15) is 0 Å². The molecule has 0 saturated heterocycles. The van der Waals surface area contributed by atoms with Crippen molar-refractivity contribution < 1.29 is 4.79 Å². The molecule has 0 N–H and O–H groups in total. The normalized spacial score (nSPS) is 10.9. The third-order valence-corrected chi connectivity index (χ3v) is 3.44. The summed E-state index contributed by atoms with van der Waals surface area (Å²) < 4.78 is 0. The molecular formula is C18H22N2O. The van der Waals surface area contributed by atoms with Gasteiger partial charge in [0, 0.05) is 37.5 Å². The number of carbonyl (C=O) groups is 1. The van der Waals surface area contributed by atoms with Gasteiger partial charge in [-0.1, -0.05) is 23.3 Å². The number of hydrogen-bond donors (Lipinski definition) is 0.